The van der Waals surface area contributed by atoms with E-state index in [0.29, 0.717) is 24.4 Å². The number of benzene rings is 1. The quantitative estimate of drug-likeness (QED) is 0.637. The van der Waals surface area contributed by atoms with Crippen LogP contribution in [0.5, 0.6) is 5.75 Å². The predicted octanol–water partition coefficient (Wildman–Crippen LogP) is -0.177. The van der Waals surface area contributed by atoms with Gasteiger partial charge in [-0.25, -0.2) is 4.79 Å². The van der Waals surface area contributed by atoms with Crippen molar-refractivity contribution in [1.29, 1.82) is 0 Å². The molecule has 1 heterocycles. The highest BCUT2D eigenvalue weighted by atomic mass is 16.5. The number of esters is 1. The van der Waals surface area contributed by atoms with Crippen LogP contribution < -0.4 is 4.74 Å². The highest BCUT2D eigenvalue weighted by Crippen LogP contribution is 2.13. The Labute approximate surface area is 142 Å². The number of hydrogen-bond acceptors (Lipinski definition) is 7. The van der Waals surface area contributed by atoms with Crippen LogP contribution in [0.15, 0.2) is 24.3 Å². The molecule has 1 aromatic carbocycles. The van der Waals surface area contributed by atoms with Gasteiger partial charge in [0.15, 0.2) is 0 Å². The Hall–Kier alpha value is -1.67. The van der Waals surface area contributed by atoms with Gasteiger partial charge in [0.2, 0.25) is 0 Å². The minimum atomic E-state index is -0.574. The molecular formula is C17H26N2O5. The average molecular weight is 338 g/mol. The molecule has 1 aliphatic rings. The Bertz CT molecular complexity index is 500. The first-order valence-electron chi connectivity index (χ1n) is 8.17. The third kappa shape index (κ3) is 5.76. The second kappa shape index (κ2) is 9.58. The molecule has 1 saturated heterocycles. The minimum Gasteiger partial charge on any atom is -0.491 e. The first-order valence-corrected chi connectivity index (χ1v) is 8.17. The lowest BCUT2D eigenvalue weighted by molar-refractivity contribution is 0.0428. The maximum atomic E-state index is 11.4. The number of aliphatic hydroxyl groups is 2. The van der Waals surface area contributed by atoms with Gasteiger partial charge in [-0.2, -0.15) is 0 Å². The van der Waals surface area contributed by atoms with Gasteiger partial charge in [0.1, 0.15) is 18.5 Å². The van der Waals surface area contributed by atoms with Crippen molar-refractivity contribution in [1.82, 2.24) is 9.80 Å². The summed E-state index contributed by atoms with van der Waals surface area (Å²) >= 11 is 0. The minimum absolute atomic E-state index is 0.186. The maximum absolute atomic E-state index is 11.4. The fourth-order valence-corrected chi connectivity index (χ4v) is 2.69. The van der Waals surface area contributed by atoms with E-state index in [-0.39, 0.29) is 19.2 Å². The lowest BCUT2D eigenvalue weighted by Crippen LogP contribution is -2.49. The zero-order chi connectivity index (χ0) is 17.4. The lowest BCUT2D eigenvalue weighted by atomic mass is 10.2. The molecule has 134 valence electrons. The molecule has 0 bridgehead atoms. The van der Waals surface area contributed by atoms with Crippen molar-refractivity contribution in [2.45, 2.75) is 6.10 Å². The SMILES string of the molecule is COC(=O)c1ccc(OC[C@H](O)CN2CCN(CCO)CC2)cc1. The van der Waals surface area contributed by atoms with Gasteiger partial charge in [-0.05, 0) is 24.3 Å². The molecule has 2 N–H and O–H groups in total. The van der Waals surface area contributed by atoms with E-state index < -0.39 is 6.10 Å². The van der Waals surface area contributed by atoms with Crippen LogP contribution in [0, 0.1) is 0 Å². The van der Waals surface area contributed by atoms with Crippen molar-refractivity contribution >= 4 is 5.97 Å². The molecule has 0 spiro atoms. The van der Waals surface area contributed by atoms with Crippen LogP contribution in [0.3, 0.4) is 0 Å². The van der Waals surface area contributed by atoms with Gasteiger partial charge in [0.05, 0.1) is 19.3 Å². The Morgan fingerprint density at radius 2 is 1.79 bits per heavy atom. The van der Waals surface area contributed by atoms with Crippen LogP contribution in [0.1, 0.15) is 10.4 Å². The summed E-state index contributed by atoms with van der Waals surface area (Å²) < 4.78 is 10.2. The monoisotopic (exact) mass is 338 g/mol. The lowest BCUT2D eigenvalue weighted by Gasteiger charge is -2.35. The molecule has 7 heteroatoms. The largest absolute Gasteiger partial charge is 0.491 e. The number of β-amino-alcohol motifs (C(OH)–C–C–N with tert-alkyl or cyclic N) is 2. The first-order chi connectivity index (χ1) is 11.6. The molecule has 1 fully saturated rings. The van der Waals surface area contributed by atoms with E-state index in [1.54, 1.807) is 24.3 Å². The first kappa shape index (κ1) is 18.7. The van der Waals surface area contributed by atoms with Gasteiger partial charge >= 0.3 is 5.97 Å². The second-order valence-corrected chi connectivity index (χ2v) is 5.85. The Balaban J connectivity index is 1.69. The summed E-state index contributed by atoms with van der Waals surface area (Å²) in [6.07, 6.45) is -0.574. The third-order valence-corrected chi connectivity index (χ3v) is 4.07. The molecule has 0 amide bonds. The number of carbonyl (C=O) groups excluding carboxylic acids is 1. The van der Waals surface area contributed by atoms with Crippen molar-refractivity contribution in [3.8, 4) is 5.75 Å². The van der Waals surface area contributed by atoms with E-state index in [9.17, 15) is 9.90 Å². The molecule has 0 aliphatic carbocycles. The van der Waals surface area contributed by atoms with E-state index in [2.05, 4.69) is 14.5 Å². The van der Waals surface area contributed by atoms with Crippen LogP contribution in [0.25, 0.3) is 0 Å². The predicted molar refractivity (Wildman–Crippen MR) is 89.2 cm³/mol. The van der Waals surface area contributed by atoms with Gasteiger partial charge < -0.3 is 19.7 Å². The standard InChI is InChI=1S/C17H26N2O5/c1-23-17(22)14-2-4-16(5-3-14)24-13-15(21)12-19-8-6-18(7-9-19)10-11-20/h2-5,15,20-21H,6-13H2,1H3/t15-/m1/s1. The van der Waals surface area contributed by atoms with Crippen molar-refractivity contribution in [3.05, 3.63) is 29.8 Å². The van der Waals surface area contributed by atoms with E-state index in [1.165, 1.54) is 7.11 Å². The highest BCUT2D eigenvalue weighted by Gasteiger charge is 2.19. The summed E-state index contributed by atoms with van der Waals surface area (Å²) in [5, 5.41) is 19.1. The van der Waals surface area contributed by atoms with Gasteiger partial charge in [0, 0.05) is 39.3 Å². The fraction of sp³-hybridized carbons (Fsp3) is 0.588. The second-order valence-electron chi connectivity index (χ2n) is 5.85. The van der Waals surface area contributed by atoms with Gasteiger partial charge in [-0.3, -0.25) is 9.80 Å². The summed E-state index contributed by atoms with van der Waals surface area (Å²) in [7, 11) is 1.34. The average Bonchev–Trinajstić information content (AvgIpc) is 2.61. The molecule has 0 unspecified atom stereocenters. The smallest absolute Gasteiger partial charge is 0.337 e. The van der Waals surface area contributed by atoms with Gasteiger partial charge in [0.25, 0.3) is 0 Å². The molecule has 1 atom stereocenters. The van der Waals surface area contributed by atoms with Crippen molar-refractivity contribution in [2.24, 2.45) is 0 Å². The molecule has 0 aromatic heterocycles. The normalized spacial score (nSPS) is 17.5. The van der Waals surface area contributed by atoms with Crippen LogP contribution in [0.2, 0.25) is 0 Å². The number of nitrogens with zero attached hydrogens (tertiary/aromatic N) is 2. The molecule has 2 rings (SSSR count). The van der Waals surface area contributed by atoms with Crippen LogP contribution >= 0.6 is 0 Å². The van der Waals surface area contributed by atoms with Crippen LogP contribution in [0.4, 0.5) is 0 Å². The topological polar surface area (TPSA) is 82.5 Å². The summed E-state index contributed by atoms with van der Waals surface area (Å²) in [4.78, 5) is 15.8. The summed E-state index contributed by atoms with van der Waals surface area (Å²) in [6.45, 7) is 5.23. The van der Waals surface area contributed by atoms with Crippen molar-refractivity contribution < 1.29 is 24.5 Å². The Kier molecular flexibility index (Phi) is 7.45. The Morgan fingerprint density at radius 1 is 1.17 bits per heavy atom. The molecule has 7 nitrogen and oxygen atoms in total. The van der Waals surface area contributed by atoms with E-state index in [0.717, 1.165) is 26.2 Å². The number of ether oxygens (including phenoxy) is 2. The molecule has 24 heavy (non-hydrogen) atoms. The summed E-state index contributed by atoms with van der Waals surface area (Å²) in [5.41, 5.74) is 0.464. The third-order valence-electron chi connectivity index (χ3n) is 4.07. The van der Waals surface area contributed by atoms with E-state index in [4.69, 9.17) is 9.84 Å². The number of rotatable bonds is 8. The molecule has 0 saturated carbocycles. The fourth-order valence-electron chi connectivity index (χ4n) is 2.69. The molecule has 0 radical (unpaired) electrons. The molecular weight excluding hydrogens is 312 g/mol. The van der Waals surface area contributed by atoms with Crippen molar-refractivity contribution in [3.63, 3.8) is 0 Å². The molecule has 1 aliphatic heterocycles. The maximum Gasteiger partial charge on any atom is 0.337 e. The van der Waals surface area contributed by atoms with Gasteiger partial charge in [-0.15, -0.1) is 0 Å². The van der Waals surface area contributed by atoms with Crippen LogP contribution in [-0.4, -0.2) is 91.7 Å². The highest BCUT2D eigenvalue weighted by molar-refractivity contribution is 5.89. The zero-order valence-corrected chi connectivity index (χ0v) is 14.1. The number of methoxy groups -OCH3 is 1. The number of hydrogen-bond donors (Lipinski definition) is 2. The zero-order valence-electron chi connectivity index (χ0n) is 14.1. The van der Waals surface area contributed by atoms with Gasteiger partial charge in [-0.1, -0.05) is 0 Å². The molecule has 1 aromatic rings. The number of aliphatic hydroxyl groups excluding tert-OH is 2. The summed E-state index contributed by atoms with van der Waals surface area (Å²) in [5.74, 6) is 0.219. The van der Waals surface area contributed by atoms with E-state index in [1.807, 2.05) is 0 Å². The van der Waals surface area contributed by atoms with Crippen molar-refractivity contribution in [2.75, 3.05) is 59.6 Å². The number of piperazine rings is 1. The van der Waals surface area contributed by atoms with Crippen LogP contribution in [-0.2, 0) is 4.74 Å². The van der Waals surface area contributed by atoms with E-state index >= 15 is 0 Å². The summed E-state index contributed by atoms with van der Waals surface area (Å²) in [6, 6.07) is 6.64. The Morgan fingerprint density at radius 3 is 2.38 bits per heavy atom. The number of carbonyl (C=O) groups is 1.